The molecular weight excluding hydrogens is 352 g/mol. The summed E-state index contributed by atoms with van der Waals surface area (Å²) < 4.78 is 2.61. The number of nitrogens with zero attached hydrogens (tertiary/aromatic N) is 3. The Balaban J connectivity index is 2.74. The van der Waals surface area contributed by atoms with Gasteiger partial charge in [0.15, 0.2) is 5.65 Å². The van der Waals surface area contributed by atoms with Crippen molar-refractivity contribution >= 4 is 39.8 Å². The zero-order chi connectivity index (χ0) is 12.8. The van der Waals surface area contributed by atoms with Crippen LogP contribution in [0.3, 0.4) is 0 Å². The van der Waals surface area contributed by atoms with Crippen molar-refractivity contribution in [3.63, 3.8) is 0 Å². The molecule has 0 saturated carbocycles. The fourth-order valence-corrected chi connectivity index (χ4v) is 2.17. The Kier molecular flexibility index (Phi) is 3.35. The monoisotopic (exact) mass is 365 g/mol. The van der Waals surface area contributed by atoms with E-state index >= 15 is 0 Å². The summed E-state index contributed by atoms with van der Waals surface area (Å²) in [7, 11) is 0. The van der Waals surface area contributed by atoms with Crippen LogP contribution < -0.4 is 0 Å². The van der Waals surface area contributed by atoms with Gasteiger partial charge < -0.3 is 5.11 Å². The van der Waals surface area contributed by atoms with Crippen molar-refractivity contribution in [2.45, 2.75) is 26.2 Å². The molecule has 1 N–H and O–H groups in total. The van der Waals surface area contributed by atoms with Gasteiger partial charge in [-0.2, -0.15) is 5.10 Å². The molecule has 0 fully saturated rings. The molecule has 0 bridgehead atoms. The van der Waals surface area contributed by atoms with Crippen molar-refractivity contribution in [3.8, 4) is 0 Å². The summed E-state index contributed by atoms with van der Waals surface area (Å²) in [4.78, 5) is 4.55. The Morgan fingerprint density at radius 1 is 1.53 bits per heavy atom. The maximum atomic E-state index is 9.38. The minimum atomic E-state index is -0.410. The second-order valence-corrected chi connectivity index (χ2v) is 6.11. The van der Waals surface area contributed by atoms with Crippen LogP contribution in [0.25, 0.3) is 5.65 Å². The predicted octanol–water partition coefficient (Wildman–Crippen LogP) is 2.57. The highest BCUT2D eigenvalue weighted by molar-refractivity contribution is 14.1. The molecule has 4 nitrogen and oxygen atoms in total. The summed E-state index contributed by atoms with van der Waals surface area (Å²) >= 11 is 8.39. The third-order valence-corrected chi connectivity index (χ3v) is 4.27. The minimum Gasteiger partial charge on any atom is -0.395 e. The number of hydrogen-bond donors (Lipinski definition) is 1. The van der Waals surface area contributed by atoms with E-state index in [-0.39, 0.29) is 6.61 Å². The number of aliphatic hydroxyl groups is 1. The van der Waals surface area contributed by atoms with Crippen molar-refractivity contribution in [2.24, 2.45) is 0 Å². The van der Waals surface area contributed by atoms with Gasteiger partial charge in [-0.3, -0.25) is 0 Å². The van der Waals surface area contributed by atoms with Gasteiger partial charge in [0.05, 0.1) is 21.6 Å². The van der Waals surface area contributed by atoms with Gasteiger partial charge in [-0.15, -0.1) is 0 Å². The lowest BCUT2D eigenvalue weighted by molar-refractivity contribution is 0.215. The van der Waals surface area contributed by atoms with E-state index in [1.165, 1.54) is 0 Å². The molecule has 0 aliphatic rings. The summed E-state index contributed by atoms with van der Waals surface area (Å²) in [6.45, 7) is 5.80. The first-order chi connectivity index (χ1) is 7.86. The predicted molar refractivity (Wildman–Crippen MR) is 75.6 cm³/mol. The molecule has 2 rings (SSSR count). The van der Waals surface area contributed by atoms with Crippen LogP contribution in [0.5, 0.6) is 0 Å². The highest BCUT2D eigenvalue weighted by Crippen LogP contribution is 2.26. The second kappa shape index (κ2) is 4.37. The molecule has 2 heterocycles. The van der Waals surface area contributed by atoms with Crippen molar-refractivity contribution in [3.05, 3.63) is 26.2 Å². The first-order valence-corrected chi connectivity index (χ1v) is 6.65. The molecule has 6 heteroatoms. The number of aryl methyl sites for hydroxylation is 1. The molecule has 17 heavy (non-hydrogen) atoms. The van der Waals surface area contributed by atoms with Gasteiger partial charge in [-0.05, 0) is 35.6 Å². The summed E-state index contributed by atoms with van der Waals surface area (Å²) in [5, 5.41) is 14.2. The third kappa shape index (κ3) is 2.15. The Hall–Kier alpha value is -0.400. The lowest BCUT2D eigenvalue weighted by Crippen LogP contribution is -2.24. The SMILES string of the molecule is Cc1nn2c(Cl)cc(C(C)(C)CO)nc2c1I. The van der Waals surface area contributed by atoms with Gasteiger partial charge in [-0.25, -0.2) is 9.50 Å². The molecule has 0 saturated heterocycles. The molecule has 2 aromatic rings. The van der Waals surface area contributed by atoms with E-state index in [0.29, 0.717) is 5.15 Å². The van der Waals surface area contributed by atoms with Crippen LogP contribution in [-0.4, -0.2) is 26.3 Å². The van der Waals surface area contributed by atoms with Crippen molar-refractivity contribution < 1.29 is 5.11 Å². The molecule has 0 atom stereocenters. The molecule has 0 aliphatic heterocycles. The molecule has 92 valence electrons. The Labute approximate surface area is 118 Å². The van der Waals surface area contributed by atoms with E-state index in [4.69, 9.17) is 11.6 Å². The normalized spacial score (nSPS) is 12.4. The molecule has 0 aromatic carbocycles. The van der Waals surface area contributed by atoms with Crippen LogP contribution in [0.4, 0.5) is 0 Å². The van der Waals surface area contributed by atoms with Gasteiger partial charge >= 0.3 is 0 Å². The fourth-order valence-electron chi connectivity index (χ4n) is 1.49. The van der Waals surface area contributed by atoms with E-state index < -0.39 is 5.41 Å². The fraction of sp³-hybridized carbons (Fsp3) is 0.455. The Morgan fingerprint density at radius 3 is 2.76 bits per heavy atom. The van der Waals surface area contributed by atoms with Crippen LogP contribution in [-0.2, 0) is 5.41 Å². The smallest absolute Gasteiger partial charge is 0.170 e. The summed E-state index contributed by atoms with van der Waals surface area (Å²) in [5.74, 6) is 0. The number of aromatic nitrogens is 3. The Morgan fingerprint density at radius 2 is 2.18 bits per heavy atom. The molecule has 2 aromatic heterocycles. The maximum absolute atomic E-state index is 9.38. The lowest BCUT2D eigenvalue weighted by atomic mass is 9.90. The summed E-state index contributed by atoms with van der Waals surface area (Å²) in [5.41, 5.74) is 2.01. The van der Waals surface area contributed by atoms with Crippen molar-refractivity contribution in [1.82, 2.24) is 14.6 Å². The topological polar surface area (TPSA) is 50.4 Å². The third-order valence-electron chi connectivity index (χ3n) is 2.74. The minimum absolute atomic E-state index is 0.0240. The van der Waals surface area contributed by atoms with E-state index in [2.05, 4.69) is 32.7 Å². The lowest BCUT2D eigenvalue weighted by Gasteiger charge is -2.21. The van der Waals surface area contributed by atoms with E-state index in [1.807, 2.05) is 20.8 Å². The zero-order valence-corrected chi connectivity index (χ0v) is 12.7. The summed E-state index contributed by atoms with van der Waals surface area (Å²) in [6.07, 6.45) is 0. The molecule has 0 unspecified atom stereocenters. The first kappa shape index (κ1) is 13.0. The van der Waals surface area contributed by atoms with Crippen molar-refractivity contribution in [1.29, 1.82) is 0 Å². The van der Waals surface area contributed by atoms with Crippen LogP contribution >= 0.6 is 34.2 Å². The first-order valence-electron chi connectivity index (χ1n) is 5.19. The van der Waals surface area contributed by atoms with Crippen LogP contribution in [0.1, 0.15) is 25.2 Å². The number of fused-ring (bicyclic) bond motifs is 1. The highest BCUT2D eigenvalue weighted by atomic mass is 127. The number of rotatable bonds is 2. The van der Waals surface area contributed by atoms with Gasteiger partial charge in [0.25, 0.3) is 0 Å². The summed E-state index contributed by atoms with van der Waals surface area (Å²) in [6, 6.07) is 1.76. The van der Waals surface area contributed by atoms with Gasteiger partial charge in [0.1, 0.15) is 5.15 Å². The van der Waals surface area contributed by atoms with Gasteiger partial charge in [-0.1, -0.05) is 25.4 Å². The average Bonchev–Trinajstić information content (AvgIpc) is 2.57. The molecule has 0 spiro atoms. The molecule has 0 radical (unpaired) electrons. The van der Waals surface area contributed by atoms with E-state index in [9.17, 15) is 5.11 Å². The highest BCUT2D eigenvalue weighted by Gasteiger charge is 2.24. The van der Waals surface area contributed by atoms with Crippen molar-refractivity contribution in [2.75, 3.05) is 6.61 Å². The zero-order valence-electron chi connectivity index (χ0n) is 9.83. The van der Waals surface area contributed by atoms with E-state index in [0.717, 1.165) is 20.6 Å². The number of aliphatic hydroxyl groups excluding tert-OH is 1. The molecule has 0 aliphatic carbocycles. The maximum Gasteiger partial charge on any atom is 0.170 e. The van der Waals surface area contributed by atoms with E-state index in [1.54, 1.807) is 10.6 Å². The van der Waals surface area contributed by atoms with Crippen LogP contribution in [0.2, 0.25) is 5.15 Å². The number of halogens is 2. The number of hydrogen-bond acceptors (Lipinski definition) is 3. The molecule has 0 amide bonds. The van der Waals surface area contributed by atoms with Crippen LogP contribution in [0, 0.1) is 10.5 Å². The average molecular weight is 366 g/mol. The standard InChI is InChI=1S/C11H13ClIN3O/c1-6-9(13)10-14-7(11(2,3)5-17)4-8(12)16(10)15-6/h4,17H,5H2,1-3H3. The Bertz CT molecular complexity index is 580. The molecular formula is C11H13ClIN3O. The van der Waals surface area contributed by atoms with Crippen LogP contribution in [0.15, 0.2) is 6.07 Å². The van der Waals surface area contributed by atoms with Gasteiger partial charge in [0.2, 0.25) is 0 Å². The largest absolute Gasteiger partial charge is 0.395 e. The second-order valence-electron chi connectivity index (χ2n) is 4.64. The van der Waals surface area contributed by atoms with Gasteiger partial charge in [0, 0.05) is 5.41 Å². The quantitative estimate of drug-likeness (QED) is 0.657.